The van der Waals surface area contributed by atoms with Gasteiger partial charge < -0.3 is 5.11 Å². The maximum atomic E-state index is 10.1. The van der Waals surface area contributed by atoms with Crippen LogP contribution < -0.4 is 0 Å². The summed E-state index contributed by atoms with van der Waals surface area (Å²) >= 11 is 0. The Hall–Kier alpha value is -0.0400. The predicted molar refractivity (Wildman–Crippen MR) is 87.0 cm³/mol. The van der Waals surface area contributed by atoms with Gasteiger partial charge in [0.05, 0.1) is 6.10 Å². The minimum atomic E-state index is -0.0106. The van der Waals surface area contributed by atoms with Crippen LogP contribution in [-0.4, -0.2) is 11.2 Å². The summed E-state index contributed by atoms with van der Waals surface area (Å²) in [6.07, 6.45) is 13.6. The van der Waals surface area contributed by atoms with E-state index in [1.165, 1.54) is 51.4 Å². The molecule has 0 aromatic carbocycles. The minimum absolute atomic E-state index is 0.0106. The van der Waals surface area contributed by atoms with E-state index in [1.807, 2.05) is 0 Å². The molecule has 4 fully saturated rings. The number of hydrogen-bond donors (Lipinski definition) is 1. The Bertz CT molecular complexity index is 432. The Morgan fingerprint density at radius 2 is 1.57 bits per heavy atom. The second-order valence-electron chi connectivity index (χ2n) is 9.80. The van der Waals surface area contributed by atoms with Crippen molar-refractivity contribution < 1.29 is 5.11 Å². The van der Waals surface area contributed by atoms with Crippen LogP contribution in [0.5, 0.6) is 0 Å². The van der Waals surface area contributed by atoms with Crippen LogP contribution in [-0.2, 0) is 0 Å². The summed E-state index contributed by atoms with van der Waals surface area (Å²) in [6.45, 7) is 7.86. The monoisotopic (exact) mass is 290 g/mol. The van der Waals surface area contributed by atoms with Gasteiger partial charge in [-0.3, -0.25) is 0 Å². The molecular weight excluding hydrogens is 256 g/mol. The number of aliphatic hydroxyl groups is 1. The molecule has 4 aliphatic carbocycles. The molecule has 120 valence electrons. The summed E-state index contributed by atoms with van der Waals surface area (Å²) in [6, 6.07) is 0. The average Bonchev–Trinajstić information content (AvgIpc) is 2.83. The number of fused-ring (bicyclic) bond motifs is 5. The summed E-state index contributed by atoms with van der Waals surface area (Å²) in [5, 5.41) is 10.1. The van der Waals surface area contributed by atoms with Gasteiger partial charge in [0, 0.05) is 0 Å². The van der Waals surface area contributed by atoms with Gasteiger partial charge in [-0.25, -0.2) is 0 Å². The van der Waals surface area contributed by atoms with Gasteiger partial charge in [0.1, 0.15) is 0 Å². The first-order valence-electron chi connectivity index (χ1n) is 9.57. The van der Waals surface area contributed by atoms with Crippen molar-refractivity contribution in [2.45, 2.75) is 91.1 Å². The molecule has 0 spiro atoms. The van der Waals surface area contributed by atoms with Crippen molar-refractivity contribution >= 4 is 0 Å². The summed E-state index contributed by atoms with van der Waals surface area (Å²) in [5.74, 6) is 2.75. The lowest BCUT2D eigenvalue weighted by atomic mass is 9.39. The Morgan fingerprint density at radius 3 is 2.38 bits per heavy atom. The molecule has 7 atom stereocenters. The van der Waals surface area contributed by atoms with Gasteiger partial charge in [0.15, 0.2) is 0 Å². The Morgan fingerprint density at radius 1 is 0.762 bits per heavy atom. The zero-order valence-electron chi connectivity index (χ0n) is 14.3. The number of aliphatic hydroxyl groups excluding tert-OH is 1. The van der Waals surface area contributed by atoms with Crippen LogP contribution in [0.15, 0.2) is 0 Å². The first-order valence-corrected chi connectivity index (χ1v) is 9.57. The molecule has 4 rings (SSSR count). The highest BCUT2D eigenvalue weighted by Gasteiger charge is 2.63. The molecule has 0 bridgehead atoms. The Kier molecular flexibility index (Phi) is 3.11. The third kappa shape index (κ3) is 1.79. The third-order valence-corrected chi connectivity index (χ3v) is 9.26. The van der Waals surface area contributed by atoms with E-state index in [1.54, 1.807) is 0 Å². The zero-order valence-corrected chi connectivity index (χ0v) is 14.3. The lowest BCUT2D eigenvalue weighted by molar-refractivity contribution is -0.180. The molecule has 21 heavy (non-hydrogen) atoms. The van der Waals surface area contributed by atoms with Crippen molar-refractivity contribution in [2.75, 3.05) is 0 Å². The van der Waals surface area contributed by atoms with Crippen LogP contribution in [0.1, 0.15) is 85.0 Å². The molecule has 0 amide bonds. The molecule has 1 N–H and O–H groups in total. The second kappa shape index (κ2) is 4.49. The van der Waals surface area contributed by atoms with Crippen molar-refractivity contribution in [2.24, 2.45) is 34.0 Å². The van der Waals surface area contributed by atoms with E-state index in [-0.39, 0.29) is 6.10 Å². The van der Waals surface area contributed by atoms with Crippen molar-refractivity contribution in [1.82, 2.24) is 0 Å². The normalized spacial score (nSPS) is 60.0. The highest BCUT2D eigenvalue weighted by molar-refractivity contribution is 5.12. The largest absolute Gasteiger partial charge is 0.393 e. The molecule has 4 aliphatic rings. The van der Waals surface area contributed by atoms with E-state index in [0.717, 1.165) is 30.6 Å². The summed E-state index contributed by atoms with van der Waals surface area (Å²) < 4.78 is 0. The standard InChI is InChI=1S/C20H34O/c1-18-9-4-5-16(18)17-7-6-14-13-15(21)8-10-19(14,2)20(17,3)12-11-18/h14-17,21H,4-13H2,1-3H3/t14-,15-,16-,17-,18-,19-,20-/m0/s1. The molecule has 0 unspecified atom stereocenters. The van der Waals surface area contributed by atoms with Crippen LogP contribution in [0.4, 0.5) is 0 Å². The lowest BCUT2D eigenvalue weighted by Crippen LogP contribution is -2.59. The quantitative estimate of drug-likeness (QED) is 0.652. The van der Waals surface area contributed by atoms with Gasteiger partial charge in [-0.2, -0.15) is 0 Å². The molecule has 0 saturated heterocycles. The van der Waals surface area contributed by atoms with Crippen molar-refractivity contribution in [3.63, 3.8) is 0 Å². The summed E-state index contributed by atoms with van der Waals surface area (Å²) in [4.78, 5) is 0. The van der Waals surface area contributed by atoms with Gasteiger partial charge in [-0.05, 0) is 91.8 Å². The van der Waals surface area contributed by atoms with E-state index in [0.29, 0.717) is 16.2 Å². The minimum Gasteiger partial charge on any atom is -0.393 e. The first-order chi connectivity index (χ1) is 9.89. The third-order valence-electron chi connectivity index (χ3n) is 9.26. The fraction of sp³-hybridized carbons (Fsp3) is 1.00. The van der Waals surface area contributed by atoms with Crippen molar-refractivity contribution in [3.05, 3.63) is 0 Å². The maximum absolute atomic E-state index is 10.1. The fourth-order valence-corrected chi connectivity index (χ4v) is 7.61. The highest BCUT2D eigenvalue weighted by atomic mass is 16.3. The topological polar surface area (TPSA) is 20.2 Å². The van der Waals surface area contributed by atoms with Gasteiger partial charge in [-0.15, -0.1) is 0 Å². The molecule has 0 radical (unpaired) electrons. The van der Waals surface area contributed by atoms with Crippen LogP contribution in [0.2, 0.25) is 0 Å². The van der Waals surface area contributed by atoms with E-state index >= 15 is 0 Å². The van der Waals surface area contributed by atoms with Crippen LogP contribution in [0.25, 0.3) is 0 Å². The van der Waals surface area contributed by atoms with Crippen molar-refractivity contribution in [1.29, 1.82) is 0 Å². The Labute approximate surface area is 130 Å². The fourth-order valence-electron chi connectivity index (χ4n) is 7.61. The number of hydrogen-bond acceptors (Lipinski definition) is 1. The first kappa shape index (κ1) is 14.5. The highest BCUT2D eigenvalue weighted by Crippen LogP contribution is 2.71. The van der Waals surface area contributed by atoms with Gasteiger partial charge in [-0.1, -0.05) is 27.2 Å². The zero-order chi connectivity index (χ0) is 14.9. The SMILES string of the molecule is C[C@@]12CCC[C@H]1[C@@H]1CC[C@H]3C[C@@H](O)CC[C@]3(C)[C@@]1(C)CC2. The van der Waals surface area contributed by atoms with Crippen LogP contribution >= 0.6 is 0 Å². The second-order valence-corrected chi connectivity index (χ2v) is 9.80. The molecular formula is C20H34O. The molecule has 1 heteroatoms. The molecule has 0 heterocycles. The van der Waals surface area contributed by atoms with Crippen molar-refractivity contribution in [3.8, 4) is 0 Å². The van der Waals surface area contributed by atoms with Crippen LogP contribution in [0, 0.1) is 34.0 Å². The molecule has 0 aromatic heterocycles. The smallest absolute Gasteiger partial charge is 0.0543 e. The Balaban J connectivity index is 1.70. The maximum Gasteiger partial charge on any atom is 0.0543 e. The van der Waals surface area contributed by atoms with E-state index in [4.69, 9.17) is 0 Å². The van der Waals surface area contributed by atoms with Crippen LogP contribution in [0.3, 0.4) is 0 Å². The van der Waals surface area contributed by atoms with E-state index in [9.17, 15) is 5.11 Å². The van der Waals surface area contributed by atoms with Gasteiger partial charge in [0.25, 0.3) is 0 Å². The van der Waals surface area contributed by atoms with Gasteiger partial charge in [0.2, 0.25) is 0 Å². The predicted octanol–water partition coefficient (Wildman–Crippen LogP) is 5.17. The van der Waals surface area contributed by atoms with E-state index < -0.39 is 0 Å². The summed E-state index contributed by atoms with van der Waals surface area (Å²) in [7, 11) is 0. The van der Waals surface area contributed by atoms with E-state index in [2.05, 4.69) is 20.8 Å². The average molecular weight is 290 g/mol. The van der Waals surface area contributed by atoms with Gasteiger partial charge >= 0.3 is 0 Å². The molecule has 0 aliphatic heterocycles. The molecule has 4 saturated carbocycles. The molecule has 1 nitrogen and oxygen atoms in total. The lowest BCUT2D eigenvalue weighted by Gasteiger charge is -2.66. The number of rotatable bonds is 0. The summed E-state index contributed by atoms with van der Waals surface area (Å²) in [5.41, 5.74) is 1.71. The molecule has 0 aromatic rings.